The van der Waals surface area contributed by atoms with Crippen LogP contribution in [0.15, 0.2) is 24.3 Å². The molecule has 0 spiro atoms. The number of benzene rings is 1. The van der Waals surface area contributed by atoms with Crippen LogP contribution in [0.3, 0.4) is 0 Å². The van der Waals surface area contributed by atoms with Crippen molar-refractivity contribution in [1.29, 1.82) is 0 Å². The number of likely N-dealkylation sites (tertiary alicyclic amines) is 1. The van der Waals surface area contributed by atoms with Gasteiger partial charge in [-0.25, -0.2) is 0 Å². The molecule has 1 aromatic carbocycles. The van der Waals surface area contributed by atoms with Gasteiger partial charge < -0.3 is 10.1 Å². The molecule has 0 aromatic heterocycles. The smallest absolute Gasteiger partial charge is 0.238 e. The number of carbonyl (C=O) groups is 1. The van der Waals surface area contributed by atoms with Gasteiger partial charge in [0.2, 0.25) is 5.91 Å². The maximum absolute atomic E-state index is 12.1. The number of piperidine rings is 1. The molecular weight excluding hydrogens is 264 g/mol. The van der Waals surface area contributed by atoms with Gasteiger partial charge in [-0.15, -0.1) is 0 Å². The van der Waals surface area contributed by atoms with E-state index in [9.17, 15) is 4.79 Å². The third-order valence-electron chi connectivity index (χ3n) is 3.76. The molecular formula is C17H26N2O2. The maximum Gasteiger partial charge on any atom is 0.238 e. The summed E-state index contributed by atoms with van der Waals surface area (Å²) in [7, 11) is 0. The molecule has 0 unspecified atom stereocenters. The van der Waals surface area contributed by atoms with Gasteiger partial charge in [0, 0.05) is 18.8 Å². The van der Waals surface area contributed by atoms with Gasteiger partial charge in [-0.05, 0) is 49.4 Å². The van der Waals surface area contributed by atoms with Gasteiger partial charge in [-0.2, -0.15) is 0 Å². The first-order chi connectivity index (χ1) is 10.1. The number of nitrogens with one attached hydrogen (secondary N) is 1. The van der Waals surface area contributed by atoms with E-state index in [4.69, 9.17) is 4.74 Å². The van der Waals surface area contributed by atoms with Gasteiger partial charge in [0.25, 0.3) is 0 Å². The predicted octanol–water partition coefficient (Wildman–Crippen LogP) is 3.00. The second-order valence-electron chi connectivity index (χ2n) is 6.15. The van der Waals surface area contributed by atoms with Crippen LogP contribution in [-0.2, 0) is 4.79 Å². The molecule has 0 aliphatic carbocycles. The van der Waals surface area contributed by atoms with Crippen LogP contribution in [-0.4, -0.2) is 37.0 Å². The summed E-state index contributed by atoms with van der Waals surface area (Å²) >= 11 is 0. The van der Waals surface area contributed by atoms with Crippen molar-refractivity contribution in [3.05, 3.63) is 24.3 Å². The van der Waals surface area contributed by atoms with Gasteiger partial charge in [0.1, 0.15) is 5.75 Å². The molecule has 1 fully saturated rings. The summed E-state index contributed by atoms with van der Waals surface area (Å²) in [6.45, 7) is 9.62. The lowest BCUT2D eigenvalue weighted by atomic mass is 9.92. The normalized spacial score (nSPS) is 22.8. The summed E-state index contributed by atoms with van der Waals surface area (Å²) in [5.41, 5.74) is 0.821. The van der Waals surface area contributed by atoms with E-state index in [0.29, 0.717) is 25.0 Å². The molecule has 1 heterocycles. The van der Waals surface area contributed by atoms with Crippen molar-refractivity contribution in [3.63, 3.8) is 0 Å². The van der Waals surface area contributed by atoms with E-state index < -0.39 is 0 Å². The van der Waals surface area contributed by atoms with Gasteiger partial charge in [-0.3, -0.25) is 9.69 Å². The third-order valence-corrected chi connectivity index (χ3v) is 3.76. The van der Waals surface area contributed by atoms with E-state index in [-0.39, 0.29) is 5.91 Å². The lowest BCUT2D eigenvalue weighted by Crippen LogP contribution is -2.42. The van der Waals surface area contributed by atoms with Gasteiger partial charge in [-0.1, -0.05) is 13.8 Å². The SMILES string of the molecule is CCOc1ccc(NC(=O)CN2C[C@H](C)C[C@@H](C)C2)cc1. The molecule has 1 amide bonds. The summed E-state index contributed by atoms with van der Waals surface area (Å²) in [6, 6.07) is 7.52. The summed E-state index contributed by atoms with van der Waals surface area (Å²) in [5.74, 6) is 2.23. The van der Waals surface area contributed by atoms with Gasteiger partial charge >= 0.3 is 0 Å². The summed E-state index contributed by atoms with van der Waals surface area (Å²) in [5, 5.41) is 2.95. The van der Waals surface area contributed by atoms with E-state index in [1.165, 1.54) is 6.42 Å². The van der Waals surface area contributed by atoms with E-state index in [1.54, 1.807) is 0 Å². The highest BCUT2D eigenvalue weighted by atomic mass is 16.5. The summed E-state index contributed by atoms with van der Waals surface area (Å²) < 4.78 is 5.39. The Morgan fingerprint density at radius 2 is 1.86 bits per heavy atom. The fraction of sp³-hybridized carbons (Fsp3) is 0.588. The van der Waals surface area contributed by atoms with Crippen LogP contribution in [0.1, 0.15) is 27.2 Å². The number of hydrogen-bond donors (Lipinski definition) is 1. The van der Waals surface area contributed by atoms with E-state index in [0.717, 1.165) is 24.5 Å². The van der Waals surface area contributed by atoms with Crippen LogP contribution < -0.4 is 10.1 Å². The van der Waals surface area contributed by atoms with Gasteiger partial charge in [0.05, 0.1) is 13.2 Å². The monoisotopic (exact) mass is 290 g/mol. The minimum atomic E-state index is 0.0560. The van der Waals surface area contributed by atoms with Crippen LogP contribution >= 0.6 is 0 Å². The lowest BCUT2D eigenvalue weighted by Gasteiger charge is -2.34. The first-order valence-electron chi connectivity index (χ1n) is 7.82. The lowest BCUT2D eigenvalue weighted by molar-refractivity contribution is -0.117. The molecule has 0 saturated carbocycles. The first kappa shape index (κ1) is 15.8. The zero-order valence-electron chi connectivity index (χ0n) is 13.3. The van der Waals surface area contributed by atoms with Crippen molar-refractivity contribution in [2.75, 3.05) is 31.6 Å². The Labute approximate surface area is 127 Å². The van der Waals surface area contributed by atoms with Crippen molar-refractivity contribution >= 4 is 11.6 Å². The Kier molecular flexibility index (Phi) is 5.62. The molecule has 1 aliphatic rings. The van der Waals surface area contributed by atoms with Crippen LogP contribution in [0.25, 0.3) is 0 Å². The molecule has 1 saturated heterocycles. The Morgan fingerprint density at radius 1 is 1.24 bits per heavy atom. The molecule has 0 radical (unpaired) electrons. The van der Waals surface area contributed by atoms with Crippen LogP contribution in [0.2, 0.25) is 0 Å². The molecule has 4 heteroatoms. The molecule has 21 heavy (non-hydrogen) atoms. The summed E-state index contributed by atoms with van der Waals surface area (Å²) in [6.07, 6.45) is 1.26. The topological polar surface area (TPSA) is 41.6 Å². The largest absolute Gasteiger partial charge is 0.494 e. The first-order valence-corrected chi connectivity index (χ1v) is 7.82. The fourth-order valence-corrected chi connectivity index (χ4v) is 3.13. The van der Waals surface area contributed by atoms with Gasteiger partial charge in [0.15, 0.2) is 0 Å². The molecule has 1 aliphatic heterocycles. The van der Waals surface area contributed by atoms with Crippen molar-refractivity contribution in [1.82, 2.24) is 4.90 Å². The highest BCUT2D eigenvalue weighted by Crippen LogP contribution is 2.21. The quantitative estimate of drug-likeness (QED) is 0.906. The Bertz CT molecular complexity index is 448. The number of amides is 1. The van der Waals surface area contributed by atoms with E-state index >= 15 is 0 Å². The van der Waals surface area contributed by atoms with Crippen molar-refractivity contribution in [2.24, 2.45) is 11.8 Å². The number of carbonyl (C=O) groups excluding carboxylic acids is 1. The van der Waals surface area contributed by atoms with Crippen molar-refractivity contribution < 1.29 is 9.53 Å². The summed E-state index contributed by atoms with van der Waals surface area (Å²) in [4.78, 5) is 14.4. The number of rotatable bonds is 5. The molecule has 1 N–H and O–H groups in total. The molecule has 2 rings (SSSR count). The maximum atomic E-state index is 12.1. The molecule has 4 nitrogen and oxygen atoms in total. The molecule has 116 valence electrons. The number of nitrogens with zero attached hydrogens (tertiary/aromatic N) is 1. The molecule has 2 atom stereocenters. The van der Waals surface area contributed by atoms with Crippen LogP contribution in [0, 0.1) is 11.8 Å². The average molecular weight is 290 g/mol. The second-order valence-corrected chi connectivity index (χ2v) is 6.15. The number of anilines is 1. The average Bonchev–Trinajstić information content (AvgIpc) is 2.40. The van der Waals surface area contributed by atoms with E-state index in [2.05, 4.69) is 24.1 Å². The molecule has 0 bridgehead atoms. The number of ether oxygens (including phenoxy) is 1. The minimum absolute atomic E-state index is 0.0560. The molecule has 1 aromatic rings. The fourth-order valence-electron chi connectivity index (χ4n) is 3.13. The highest BCUT2D eigenvalue weighted by molar-refractivity contribution is 5.92. The third kappa shape index (κ3) is 5.05. The van der Waals surface area contributed by atoms with E-state index in [1.807, 2.05) is 31.2 Å². The highest BCUT2D eigenvalue weighted by Gasteiger charge is 2.23. The zero-order valence-corrected chi connectivity index (χ0v) is 13.3. The Balaban J connectivity index is 1.83. The van der Waals surface area contributed by atoms with Crippen molar-refractivity contribution in [2.45, 2.75) is 27.2 Å². The van der Waals surface area contributed by atoms with Crippen LogP contribution in [0.5, 0.6) is 5.75 Å². The standard InChI is InChI=1S/C17H26N2O2/c1-4-21-16-7-5-15(6-8-16)18-17(20)12-19-10-13(2)9-14(3)11-19/h5-8,13-14H,4,9-12H2,1-3H3,(H,18,20)/t13-,14-/m1/s1. The second kappa shape index (κ2) is 7.46. The minimum Gasteiger partial charge on any atom is -0.494 e. The predicted molar refractivity (Wildman–Crippen MR) is 85.6 cm³/mol. The Hall–Kier alpha value is -1.55. The number of hydrogen-bond acceptors (Lipinski definition) is 3. The van der Waals surface area contributed by atoms with Crippen molar-refractivity contribution in [3.8, 4) is 5.75 Å². The van der Waals surface area contributed by atoms with Crippen LogP contribution in [0.4, 0.5) is 5.69 Å². The Morgan fingerprint density at radius 3 is 2.43 bits per heavy atom. The zero-order chi connectivity index (χ0) is 15.2.